The van der Waals surface area contributed by atoms with Crippen molar-refractivity contribution in [3.05, 3.63) is 48.0 Å². The van der Waals surface area contributed by atoms with Crippen molar-refractivity contribution in [3.63, 3.8) is 0 Å². The van der Waals surface area contributed by atoms with Crippen LogP contribution in [0.25, 0.3) is 0 Å². The molecule has 3 bridgehead atoms. The standard InChI is InChI=1S/C39H52O11/c1-20(2)35-18-22(4)38-28-31(35)48-39(49-35,50-38)26(45-24(6)41)17-13-8-7-10-14-21(3)27-23(5)30(46-33(42)25-15-11-9-12-16-25)37(44,29(27)38)34(43)36(19-40)32(28)47-36/h9,11-12,15-16,21-23,26-32,34,40,43-44H,1,7-8,10,13-14,17-19H2,2-6H3. The van der Waals surface area contributed by atoms with E-state index in [0.29, 0.717) is 24.0 Å². The number of hydrogen-bond donors (Lipinski definition) is 3. The van der Waals surface area contributed by atoms with E-state index in [-0.39, 0.29) is 17.8 Å². The number of aliphatic hydroxyl groups is 3. The Bertz CT molecular complexity index is 1550. The summed E-state index contributed by atoms with van der Waals surface area (Å²) in [4.78, 5) is 26.5. The summed E-state index contributed by atoms with van der Waals surface area (Å²) in [5, 5.41) is 37.3. The Kier molecular flexibility index (Phi) is 8.02. The zero-order chi connectivity index (χ0) is 35.6. The van der Waals surface area contributed by atoms with Gasteiger partial charge in [-0.15, -0.1) is 0 Å². The number of ether oxygens (including phenoxy) is 6. The van der Waals surface area contributed by atoms with E-state index in [0.717, 1.165) is 32.1 Å². The quantitative estimate of drug-likeness (QED) is 0.232. The van der Waals surface area contributed by atoms with Gasteiger partial charge in [0.25, 0.3) is 0 Å². The van der Waals surface area contributed by atoms with E-state index < -0.39 is 95.2 Å². The first-order valence-corrected chi connectivity index (χ1v) is 18.6. The second kappa shape index (κ2) is 11.6. The summed E-state index contributed by atoms with van der Waals surface area (Å²) in [5.41, 5.74) is -5.02. The number of fused-ring (bicyclic) bond motifs is 1. The molecule has 16 atom stereocenters. The fourth-order valence-electron chi connectivity index (χ4n) is 11.9. The first-order valence-electron chi connectivity index (χ1n) is 18.6. The summed E-state index contributed by atoms with van der Waals surface area (Å²) in [6.45, 7) is 13.3. The van der Waals surface area contributed by atoms with Crippen molar-refractivity contribution in [3.8, 4) is 0 Å². The van der Waals surface area contributed by atoms with Crippen LogP contribution in [-0.4, -0.2) is 92.8 Å². The van der Waals surface area contributed by atoms with Crippen molar-refractivity contribution in [1.29, 1.82) is 0 Å². The maximum atomic E-state index is 13.8. The average Bonchev–Trinajstić information content (AvgIpc) is 3.72. The van der Waals surface area contributed by atoms with Crippen LogP contribution in [0.5, 0.6) is 0 Å². The van der Waals surface area contributed by atoms with Crippen molar-refractivity contribution >= 4 is 11.9 Å². The Hall–Kier alpha value is -2.38. The van der Waals surface area contributed by atoms with Gasteiger partial charge in [-0.25, -0.2) is 4.79 Å². The van der Waals surface area contributed by atoms with Crippen LogP contribution < -0.4 is 0 Å². The van der Waals surface area contributed by atoms with E-state index in [9.17, 15) is 24.9 Å². The van der Waals surface area contributed by atoms with Crippen LogP contribution in [0.2, 0.25) is 0 Å². The fraction of sp³-hybridized carbons (Fsp3) is 0.744. The molecule has 8 rings (SSSR count). The zero-order valence-electron chi connectivity index (χ0n) is 29.7. The Morgan fingerprint density at radius 1 is 0.960 bits per heavy atom. The summed E-state index contributed by atoms with van der Waals surface area (Å²) < 4.78 is 40.3. The lowest BCUT2D eigenvalue weighted by molar-refractivity contribution is -0.458. The van der Waals surface area contributed by atoms with Crippen molar-refractivity contribution in [1.82, 2.24) is 0 Å². The predicted octanol–water partition coefficient (Wildman–Crippen LogP) is 4.06. The highest BCUT2D eigenvalue weighted by molar-refractivity contribution is 5.89. The van der Waals surface area contributed by atoms with E-state index in [4.69, 9.17) is 28.4 Å². The van der Waals surface area contributed by atoms with Gasteiger partial charge in [0.2, 0.25) is 0 Å². The first-order chi connectivity index (χ1) is 23.7. The molecule has 0 radical (unpaired) electrons. The molecule has 11 heteroatoms. The lowest BCUT2D eigenvalue weighted by Gasteiger charge is -2.62. The molecule has 2 spiro atoms. The van der Waals surface area contributed by atoms with Crippen LogP contribution in [0, 0.1) is 35.5 Å². The molecule has 3 aliphatic carbocycles. The van der Waals surface area contributed by atoms with Gasteiger partial charge in [-0.05, 0) is 67.6 Å². The SMILES string of the molecule is C=C(C)C12CC(C)C34OC5(OC1C3C1OC1(CO)C(O)C1(O)C(OC(=O)c3ccccc3)C(C)C(C(C)CCCCCCC5OC(C)=O)C14)O2. The minimum absolute atomic E-state index is 0.0237. The molecule has 16 unspecified atom stereocenters. The van der Waals surface area contributed by atoms with Gasteiger partial charge in [0.05, 0.1) is 17.8 Å². The van der Waals surface area contributed by atoms with Gasteiger partial charge in [-0.3, -0.25) is 4.79 Å². The van der Waals surface area contributed by atoms with Gasteiger partial charge in [0.1, 0.15) is 41.2 Å². The summed E-state index contributed by atoms with van der Waals surface area (Å²) in [6.07, 6.45) is -0.0327. The van der Waals surface area contributed by atoms with Gasteiger partial charge in [-0.2, -0.15) is 0 Å². The molecular weight excluding hydrogens is 644 g/mol. The Morgan fingerprint density at radius 3 is 2.32 bits per heavy atom. The molecule has 4 aliphatic heterocycles. The number of aliphatic hydroxyl groups excluding tert-OH is 2. The summed E-state index contributed by atoms with van der Waals surface area (Å²) in [5.74, 6) is -5.45. The van der Waals surface area contributed by atoms with Crippen molar-refractivity contribution in [2.45, 2.75) is 138 Å². The number of carbonyl (C=O) groups is 2. The van der Waals surface area contributed by atoms with E-state index >= 15 is 0 Å². The first kappa shape index (κ1) is 34.7. The number of rotatable bonds is 5. The van der Waals surface area contributed by atoms with Crippen LogP contribution >= 0.6 is 0 Å². The molecule has 3 N–H and O–H groups in total. The van der Waals surface area contributed by atoms with Crippen molar-refractivity contribution < 1.29 is 53.3 Å². The van der Waals surface area contributed by atoms with Gasteiger partial charge in [-0.1, -0.05) is 71.2 Å². The molecular formula is C39H52O11. The molecule has 1 aromatic carbocycles. The van der Waals surface area contributed by atoms with Crippen LogP contribution in [0.4, 0.5) is 0 Å². The maximum Gasteiger partial charge on any atom is 0.338 e. The maximum absolute atomic E-state index is 13.8. The van der Waals surface area contributed by atoms with Crippen molar-refractivity contribution in [2.24, 2.45) is 35.5 Å². The largest absolute Gasteiger partial charge is 0.455 e. The molecule has 11 nitrogen and oxygen atoms in total. The number of epoxide rings is 1. The molecule has 50 heavy (non-hydrogen) atoms. The third kappa shape index (κ3) is 4.34. The topological polar surface area (TPSA) is 154 Å². The summed E-state index contributed by atoms with van der Waals surface area (Å²) >= 11 is 0. The Labute approximate surface area is 293 Å². The lowest BCUT2D eigenvalue weighted by atomic mass is 9.51. The summed E-state index contributed by atoms with van der Waals surface area (Å²) in [7, 11) is 0. The second-order valence-electron chi connectivity index (χ2n) is 16.6. The smallest absolute Gasteiger partial charge is 0.338 e. The number of benzene rings is 1. The molecule has 1 aromatic rings. The molecule has 3 saturated carbocycles. The van der Waals surface area contributed by atoms with Crippen LogP contribution in [0.15, 0.2) is 42.5 Å². The Morgan fingerprint density at radius 2 is 1.66 bits per heavy atom. The van der Waals surface area contributed by atoms with Crippen LogP contribution in [0.3, 0.4) is 0 Å². The molecule has 7 aliphatic rings. The summed E-state index contributed by atoms with van der Waals surface area (Å²) in [6, 6.07) is 8.62. The Balaban J connectivity index is 1.38. The minimum atomic E-state index is -2.12. The van der Waals surface area contributed by atoms with Gasteiger partial charge >= 0.3 is 17.9 Å². The molecule has 7 fully saturated rings. The third-order valence-corrected chi connectivity index (χ3v) is 14.0. The molecule has 4 saturated heterocycles. The highest BCUT2D eigenvalue weighted by atomic mass is 16.9. The number of hydrogen-bond acceptors (Lipinski definition) is 11. The molecule has 0 aromatic heterocycles. The highest BCUT2D eigenvalue weighted by Gasteiger charge is 2.91. The van der Waals surface area contributed by atoms with Gasteiger partial charge in [0.15, 0.2) is 6.10 Å². The molecule has 4 heterocycles. The van der Waals surface area contributed by atoms with Crippen molar-refractivity contribution in [2.75, 3.05) is 6.61 Å². The third-order valence-electron chi connectivity index (χ3n) is 14.0. The normalized spacial score (nSPS) is 51.6. The number of esters is 2. The van der Waals surface area contributed by atoms with E-state index in [1.54, 1.807) is 24.3 Å². The number of carbonyl (C=O) groups excluding carboxylic acids is 2. The molecule has 0 amide bonds. The van der Waals surface area contributed by atoms with E-state index in [1.807, 2.05) is 19.9 Å². The zero-order valence-corrected chi connectivity index (χ0v) is 29.7. The van der Waals surface area contributed by atoms with Crippen LogP contribution in [-0.2, 0) is 33.2 Å². The monoisotopic (exact) mass is 696 g/mol. The average molecular weight is 697 g/mol. The highest BCUT2D eigenvalue weighted by Crippen LogP contribution is 2.75. The molecule has 274 valence electrons. The van der Waals surface area contributed by atoms with Gasteiger partial charge in [0, 0.05) is 18.8 Å². The van der Waals surface area contributed by atoms with E-state index in [2.05, 4.69) is 20.4 Å². The van der Waals surface area contributed by atoms with E-state index in [1.165, 1.54) is 6.92 Å². The minimum Gasteiger partial charge on any atom is -0.455 e. The lowest BCUT2D eigenvalue weighted by Crippen LogP contribution is -2.74. The van der Waals surface area contributed by atoms with Crippen LogP contribution in [0.1, 0.15) is 89.9 Å². The predicted molar refractivity (Wildman–Crippen MR) is 177 cm³/mol. The second-order valence-corrected chi connectivity index (χ2v) is 16.6. The fourth-order valence-corrected chi connectivity index (χ4v) is 11.9. The van der Waals surface area contributed by atoms with Gasteiger partial charge < -0.3 is 43.7 Å².